The van der Waals surface area contributed by atoms with Gasteiger partial charge in [0, 0.05) is 19.2 Å². The van der Waals surface area contributed by atoms with Crippen molar-refractivity contribution < 1.29 is 13.2 Å². The van der Waals surface area contributed by atoms with Crippen LogP contribution in [0.4, 0.5) is 0 Å². The average molecular weight is 315 g/mol. The maximum atomic E-state index is 11.8. The first-order valence-corrected chi connectivity index (χ1v) is 8.31. The zero-order valence-corrected chi connectivity index (χ0v) is 13.5. The van der Waals surface area contributed by atoms with Gasteiger partial charge in [-0.2, -0.15) is 0 Å². The van der Waals surface area contributed by atoms with Crippen LogP contribution in [0.15, 0.2) is 0 Å². The highest BCUT2D eigenvalue weighted by Crippen LogP contribution is 2.24. The van der Waals surface area contributed by atoms with Crippen molar-refractivity contribution in [2.45, 2.75) is 57.1 Å². The zero-order chi connectivity index (χ0) is 13.6. The van der Waals surface area contributed by atoms with Gasteiger partial charge >= 0.3 is 0 Å². The molecule has 0 spiro atoms. The van der Waals surface area contributed by atoms with E-state index in [0.717, 1.165) is 25.7 Å². The lowest BCUT2D eigenvalue weighted by molar-refractivity contribution is 0.136. The summed E-state index contributed by atoms with van der Waals surface area (Å²) in [5.74, 6) is -0.0143. The van der Waals surface area contributed by atoms with Crippen LogP contribution in [-0.4, -0.2) is 39.5 Å². The molecule has 0 aromatic rings. The van der Waals surface area contributed by atoms with Crippen molar-refractivity contribution in [3.05, 3.63) is 0 Å². The fourth-order valence-corrected chi connectivity index (χ4v) is 3.68. The summed E-state index contributed by atoms with van der Waals surface area (Å²) in [4.78, 5) is 0. The van der Waals surface area contributed by atoms with E-state index in [2.05, 4.69) is 4.72 Å². The molecule has 0 heterocycles. The molecule has 1 saturated carbocycles. The Bertz CT molecular complexity index is 341. The van der Waals surface area contributed by atoms with Crippen LogP contribution in [-0.2, 0) is 14.8 Å². The summed E-state index contributed by atoms with van der Waals surface area (Å²) >= 11 is 0. The molecule has 0 aliphatic heterocycles. The number of sulfonamides is 1. The fourth-order valence-electron chi connectivity index (χ4n) is 2.30. The summed E-state index contributed by atoms with van der Waals surface area (Å²) in [5.41, 5.74) is 5.90. The summed E-state index contributed by atoms with van der Waals surface area (Å²) in [6, 6.07) is 0. The Kier molecular flexibility index (Phi) is 8.47. The lowest BCUT2D eigenvalue weighted by Crippen LogP contribution is -2.50. The van der Waals surface area contributed by atoms with Gasteiger partial charge < -0.3 is 10.5 Å². The Hall–Kier alpha value is 0.120. The van der Waals surface area contributed by atoms with Gasteiger partial charge in [0.2, 0.25) is 10.0 Å². The fraction of sp³-hybridized carbons (Fsp3) is 1.00. The minimum atomic E-state index is -3.30. The van der Waals surface area contributed by atoms with Crippen molar-refractivity contribution in [3.8, 4) is 0 Å². The largest absolute Gasteiger partial charge is 0.381 e. The SMILES string of the molecule is COC(C)CS(=O)(=O)NCC1(N)CCCCCC1.Cl. The number of hydrogen-bond donors (Lipinski definition) is 2. The molecule has 5 nitrogen and oxygen atoms in total. The normalized spacial score (nSPS) is 21.2. The maximum absolute atomic E-state index is 11.8. The predicted molar refractivity (Wildman–Crippen MR) is 80.1 cm³/mol. The number of halogens is 1. The summed E-state index contributed by atoms with van der Waals surface area (Å²) < 4.78 is 31.3. The summed E-state index contributed by atoms with van der Waals surface area (Å²) in [7, 11) is -1.79. The van der Waals surface area contributed by atoms with Crippen LogP contribution >= 0.6 is 12.4 Å². The molecule has 0 bridgehead atoms. The third-order valence-corrected chi connectivity index (χ3v) is 5.09. The van der Waals surface area contributed by atoms with Crippen LogP contribution < -0.4 is 10.5 Å². The first kappa shape index (κ1) is 19.1. The third-order valence-electron chi connectivity index (χ3n) is 3.60. The van der Waals surface area contributed by atoms with Gasteiger partial charge in [-0.1, -0.05) is 25.7 Å². The van der Waals surface area contributed by atoms with Gasteiger partial charge in [0.1, 0.15) is 0 Å². The van der Waals surface area contributed by atoms with Gasteiger partial charge in [-0.3, -0.25) is 0 Å². The molecule has 0 aromatic carbocycles. The minimum Gasteiger partial charge on any atom is -0.381 e. The van der Waals surface area contributed by atoms with Gasteiger partial charge in [-0.25, -0.2) is 13.1 Å². The Labute approximate surface area is 123 Å². The van der Waals surface area contributed by atoms with E-state index in [0.29, 0.717) is 6.54 Å². The van der Waals surface area contributed by atoms with Gasteiger partial charge in [0.25, 0.3) is 0 Å². The first-order valence-electron chi connectivity index (χ1n) is 6.66. The van der Waals surface area contributed by atoms with Crippen LogP contribution in [0.1, 0.15) is 45.4 Å². The minimum absolute atomic E-state index is 0. The van der Waals surface area contributed by atoms with E-state index in [-0.39, 0.29) is 29.8 Å². The van der Waals surface area contributed by atoms with Crippen LogP contribution in [0.5, 0.6) is 0 Å². The monoisotopic (exact) mass is 314 g/mol. The second kappa shape index (κ2) is 8.42. The Balaban J connectivity index is 0.00000324. The Morgan fingerprint density at radius 1 is 1.26 bits per heavy atom. The number of nitrogens with two attached hydrogens (primary N) is 1. The molecule has 0 radical (unpaired) electrons. The summed E-state index contributed by atoms with van der Waals surface area (Å²) in [5, 5.41) is 0. The van der Waals surface area contributed by atoms with Crippen LogP contribution in [0.25, 0.3) is 0 Å². The molecule has 1 fully saturated rings. The van der Waals surface area contributed by atoms with Crippen LogP contribution in [0.3, 0.4) is 0 Å². The summed E-state index contributed by atoms with van der Waals surface area (Å²) in [6.45, 7) is 2.08. The lowest BCUT2D eigenvalue weighted by Gasteiger charge is -2.28. The van der Waals surface area contributed by atoms with Crippen molar-refractivity contribution in [1.82, 2.24) is 4.72 Å². The number of hydrogen-bond acceptors (Lipinski definition) is 4. The van der Waals surface area contributed by atoms with Crippen molar-refractivity contribution in [2.75, 3.05) is 19.4 Å². The van der Waals surface area contributed by atoms with E-state index in [1.54, 1.807) is 6.92 Å². The predicted octanol–water partition coefficient (Wildman–Crippen LogP) is 1.41. The first-order chi connectivity index (χ1) is 8.37. The van der Waals surface area contributed by atoms with E-state index in [4.69, 9.17) is 10.5 Å². The van der Waals surface area contributed by atoms with Gasteiger partial charge in [-0.05, 0) is 19.8 Å². The topological polar surface area (TPSA) is 81.4 Å². The molecule has 7 heteroatoms. The maximum Gasteiger partial charge on any atom is 0.214 e. The van der Waals surface area contributed by atoms with E-state index >= 15 is 0 Å². The number of rotatable bonds is 6. The molecule has 3 N–H and O–H groups in total. The van der Waals surface area contributed by atoms with Crippen LogP contribution in [0.2, 0.25) is 0 Å². The molecule has 19 heavy (non-hydrogen) atoms. The van der Waals surface area contributed by atoms with Crippen LogP contribution in [0, 0.1) is 0 Å². The Morgan fingerprint density at radius 3 is 2.26 bits per heavy atom. The van der Waals surface area contributed by atoms with E-state index in [1.807, 2.05) is 0 Å². The van der Waals surface area contributed by atoms with Crippen molar-refractivity contribution in [2.24, 2.45) is 5.73 Å². The molecule has 1 atom stereocenters. The van der Waals surface area contributed by atoms with E-state index in [9.17, 15) is 8.42 Å². The molecule has 1 aliphatic rings. The molecule has 0 aromatic heterocycles. The van der Waals surface area contributed by atoms with Gasteiger partial charge in [-0.15, -0.1) is 12.4 Å². The molecule has 1 unspecified atom stereocenters. The molecule has 116 valence electrons. The van der Waals surface area contributed by atoms with Gasteiger partial charge in [0.15, 0.2) is 0 Å². The standard InChI is InChI=1S/C12H26N2O3S.ClH/c1-11(17-2)9-18(15,16)14-10-12(13)7-5-3-4-6-8-12;/h11,14H,3-10,13H2,1-2H3;1H. The zero-order valence-electron chi connectivity index (χ0n) is 11.9. The highest BCUT2D eigenvalue weighted by Gasteiger charge is 2.28. The average Bonchev–Trinajstić information content (AvgIpc) is 2.52. The Morgan fingerprint density at radius 2 is 1.79 bits per heavy atom. The molecular formula is C12H27ClN2O3S. The molecular weight excluding hydrogens is 288 g/mol. The molecule has 1 aliphatic carbocycles. The second-order valence-corrected chi connectivity index (χ2v) is 7.28. The summed E-state index contributed by atoms with van der Waals surface area (Å²) in [6.07, 6.45) is 6.08. The van der Waals surface area contributed by atoms with Crippen molar-refractivity contribution in [1.29, 1.82) is 0 Å². The second-order valence-electron chi connectivity index (χ2n) is 5.43. The lowest BCUT2D eigenvalue weighted by atomic mass is 9.92. The molecule has 1 rings (SSSR count). The smallest absolute Gasteiger partial charge is 0.214 e. The molecule has 0 amide bonds. The highest BCUT2D eigenvalue weighted by atomic mass is 35.5. The molecule has 0 saturated heterocycles. The van der Waals surface area contributed by atoms with Gasteiger partial charge in [0.05, 0.1) is 11.9 Å². The van der Waals surface area contributed by atoms with Crippen molar-refractivity contribution in [3.63, 3.8) is 0 Å². The number of nitrogens with one attached hydrogen (secondary N) is 1. The number of methoxy groups -OCH3 is 1. The van der Waals surface area contributed by atoms with E-state index < -0.39 is 10.0 Å². The van der Waals surface area contributed by atoms with Crippen molar-refractivity contribution >= 4 is 22.4 Å². The highest BCUT2D eigenvalue weighted by molar-refractivity contribution is 7.89. The quantitative estimate of drug-likeness (QED) is 0.726. The third kappa shape index (κ3) is 7.46. The van der Waals surface area contributed by atoms with E-state index in [1.165, 1.54) is 20.0 Å². The number of ether oxygens (including phenoxy) is 1.